The van der Waals surface area contributed by atoms with Crippen LogP contribution >= 0.6 is 45.2 Å². The van der Waals surface area contributed by atoms with Gasteiger partial charge in [-0.1, -0.05) is 45.2 Å². The summed E-state index contributed by atoms with van der Waals surface area (Å²) < 4.78 is 0.439. The van der Waals surface area contributed by atoms with Crippen LogP contribution in [0.3, 0.4) is 0 Å². The molecule has 1 saturated heterocycles. The van der Waals surface area contributed by atoms with E-state index in [1.807, 2.05) is 12.1 Å². The predicted octanol–water partition coefficient (Wildman–Crippen LogP) is 2.36. The quantitative estimate of drug-likeness (QED) is 0.222. The number of piperidine rings is 1. The molecule has 2 aliphatic heterocycles. The van der Waals surface area contributed by atoms with Gasteiger partial charge < -0.3 is 9.80 Å². The van der Waals surface area contributed by atoms with Crippen LogP contribution in [0.4, 0.5) is 5.69 Å². The topological polar surface area (TPSA) is 73.0 Å². The second kappa shape index (κ2) is 9.24. The van der Waals surface area contributed by atoms with Crippen molar-refractivity contribution in [1.29, 1.82) is 0 Å². The number of carbonyl (C=O) groups is 3. The van der Waals surface area contributed by atoms with Crippen molar-refractivity contribution in [1.82, 2.24) is 15.1 Å². The van der Waals surface area contributed by atoms with Gasteiger partial charge in [0.1, 0.15) is 8.10 Å². The lowest BCUT2D eigenvalue weighted by Crippen LogP contribution is -2.52. The minimum absolute atomic E-state index is 0.128. The van der Waals surface area contributed by atoms with Crippen molar-refractivity contribution in [2.45, 2.75) is 34.4 Å². The summed E-state index contributed by atoms with van der Waals surface area (Å²) in [5, 5.41) is 2.34. The Morgan fingerprint density at radius 3 is 2.64 bits per heavy atom. The van der Waals surface area contributed by atoms with Gasteiger partial charge >= 0.3 is 0 Å². The molecule has 1 N–H and O–H groups in total. The van der Waals surface area contributed by atoms with Crippen molar-refractivity contribution in [3.05, 3.63) is 29.3 Å². The molecule has 152 valence electrons. The molecule has 9 heteroatoms. The minimum atomic E-state index is -0.568. The molecule has 2 heterocycles. The molecule has 0 aliphatic carbocycles. The smallest absolute Gasteiger partial charge is 0.255 e. The maximum Gasteiger partial charge on any atom is 0.255 e. The number of hydrogen-bond donors (Lipinski definition) is 1. The van der Waals surface area contributed by atoms with Gasteiger partial charge in [0.2, 0.25) is 11.8 Å². The first-order valence-corrected chi connectivity index (χ1v) is 11.8. The van der Waals surface area contributed by atoms with Crippen molar-refractivity contribution in [2.75, 3.05) is 31.6 Å². The molecule has 2 aliphatic rings. The normalized spacial score (nSPS) is 19.4. The molecule has 3 rings (SSSR count). The Bertz CT molecular complexity index is 786. The van der Waals surface area contributed by atoms with Crippen LogP contribution in [0.15, 0.2) is 18.2 Å². The van der Waals surface area contributed by atoms with Crippen LogP contribution < -0.4 is 10.2 Å². The van der Waals surface area contributed by atoms with Crippen molar-refractivity contribution < 1.29 is 14.4 Å². The fourth-order valence-corrected chi connectivity index (χ4v) is 4.16. The molecule has 0 saturated carbocycles. The van der Waals surface area contributed by atoms with Gasteiger partial charge in [-0.25, -0.2) is 0 Å². The molecule has 1 atom stereocenters. The van der Waals surface area contributed by atoms with Crippen LogP contribution in [-0.4, -0.2) is 62.3 Å². The molecule has 0 bridgehead atoms. The first kappa shape index (κ1) is 21.8. The van der Waals surface area contributed by atoms with Gasteiger partial charge in [0.25, 0.3) is 5.91 Å². The van der Waals surface area contributed by atoms with E-state index in [0.717, 1.165) is 30.9 Å². The Labute approximate surface area is 192 Å². The van der Waals surface area contributed by atoms with Gasteiger partial charge in [0.15, 0.2) is 0 Å². The van der Waals surface area contributed by atoms with E-state index in [-0.39, 0.29) is 24.1 Å². The first-order valence-electron chi connectivity index (χ1n) is 9.32. The van der Waals surface area contributed by atoms with Gasteiger partial charge in [-0.3, -0.25) is 24.6 Å². The van der Waals surface area contributed by atoms with E-state index in [0.29, 0.717) is 20.6 Å². The van der Waals surface area contributed by atoms with E-state index in [1.54, 1.807) is 4.90 Å². The van der Waals surface area contributed by atoms with Crippen molar-refractivity contribution in [3.8, 4) is 0 Å². The Morgan fingerprint density at radius 1 is 1.25 bits per heavy atom. The van der Waals surface area contributed by atoms with Gasteiger partial charge in [0, 0.05) is 43.9 Å². The summed E-state index contributed by atoms with van der Waals surface area (Å²) in [4.78, 5) is 42.5. The number of hydrogen-bond acceptors (Lipinski definition) is 5. The highest BCUT2D eigenvalue weighted by Gasteiger charge is 2.39. The molecule has 1 aromatic rings. The van der Waals surface area contributed by atoms with Crippen molar-refractivity contribution in [2.24, 2.45) is 0 Å². The highest BCUT2D eigenvalue weighted by Crippen LogP contribution is 2.30. The summed E-state index contributed by atoms with van der Waals surface area (Å²) in [6, 6.07) is 5.35. The fourth-order valence-electron chi connectivity index (χ4n) is 3.60. The number of halogens is 2. The second-order valence-electron chi connectivity index (χ2n) is 7.08. The number of nitrogens with zero attached hydrogens (tertiary/aromatic N) is 3. The molecule has 1 fully saturated rings. The number of imide groups is 1. The van der Waals surface area contributed by atoms with Crippen molar-refractivity contribution in [3.63, 3.8) is 0 Å². The number of rotatable bonds is 7. The standard InChI is InChI=1S/C19H24I2N4O3/c1-3-24(9-8-23(2)19(20)21)13-4-5-14-12(10-13)11-25(18(14)28)15-6-7-16(26)22-17(15)27/h4-5,10,15,19H,3,6-9,11H2,1-2H3,(H,22,26,27). The van der Waals surface area contributed by atoms with E-state index in [9.17, 15) is 14.4 Å². The number of nitrogens with one attached hydrogen (secondary N) is 1. The van der Waals surface area contributed by atoms with Crippen LogP contribution in [0.1, 0.15) is 35.7 Å². The molecule has 1 aromatic carbocycles. The number of carbonyl (C=O) groups excluding carboxylic acids is 3. The summed E-state index contributed by atoms with van der Waals surface area (Å²) in [6.07, 6.45) is 0.659. The summed E-state index contributed by atoms with van der Waals surface area (Å²) in [5.74, 6) is -0.768. The van der Waals surface area contributed by atoms with E-state index < -0.39 is 6.04 Å². The van der Waals surface area contributed by atoms with Crippen LogP contribution in [-0.2, 0) is 16.1 Å². The van der Waals surface area contributed by atoms with E-state index in [4.69, 9.17) is 0 Å². The third-order valence-corrected chi connectivity index (χ3v) is 7.21. The number of alkyl halides is 2. The zero-order valence-electron chi connectivity index (χ0n) is 16.0. The summed E-state index contributed by atoms with van der Waals surface area (Å²) in [5.41, 5.74) is 2.69. The monoisotopic (exact) mass is 610 g/mol. The molecule has 7 nitrogen and oxygen atoms in total. The van der Waals surface area contributed by atoms with E-state index >= 15 is 0 Å². The minimum Gasteiger partial charge on any atom is -0.371 e. The third-order valence-electron chi connectivity index (χ3n) is 5.31. The average Bonchev–Trinajstić information content (AvgIpc) is 2.98. The number of benzene rings is 1. The lowest BCUT2D eigenvalue weighted by Gasteiger charge is -2.29. The SMILES string of the molecule is CCN(CCN(C)C(I)I)c1ccc2c(c1)CN(C1CCC(=O)NC1=O)C2=O. The van der Waals surface area contributed by atoms with Gasteiger partial charge in [-0.15, -0.1) is 0 Å². The molecule has 0 aromatic heterocycles. The zero-order chi connectivity index (χ0) is 20.4. The highest BCUT2D eigenvalue weighted by atomic mass is 127. The first-order chi connectivity index (χ1) is 13.3. The van der Waals surface area contributed by atoms with Gasteiger partial charge in [-0.05, 0) is 44.2 Å². The van der Waals surface area contributed by atoms with E-state index in [2.05, 4.69) is 80.3 Å². The largest absolute Gasteiger partial charge is 0.371 e. The number of likely N-dealkylation sites (N-methyl/N-ethyl adjacent to an activating group) is 2. The molecule has 28 heavy (non-hydrogen) atoms. The Morgan fingerprint density at radius 2 is 2.00 bits per heavy atom. The Kier molecular flexibility index (Phi) is 7.18. The second-order valence-corrected chi connectivity index (χ2v) is 11.8. The number of anilines is 1. The molecule has 1 unspecified atom stereocenters. The Hall–Kier alpha value is -0.950. The van der Waals surface area contributed by atoms with Crippen molar-refractivity contribution >= 4 is 68.6 Å². The predicted molar refractivity (Wildman–Crippen MR) is 125 cm³/mol. The zero-order valence-corrected chi connectivity index (χ0v) is 20.3. The molecular weight excluding hydrogens is 586 g/mol. The van der Waals surface area contributed by atoms with E-state index in [1.165, 1.54) is 0 Å². The van der Waals surface area contributed by atoms with Gasteiger partial charge in [0.05, 0.1) is 0 Å². The van der Waals surface area contributed by atoms with Crippen LogP contribution in [0.2, 0.25) is 0 Å². The molecule has 0 radical (unpaired) electrons. The molecule has 3 amide bonds. The maximum atomic E-state index is 12.8. The Balaban J connectivity index is 1.73. The average molecular weight is 610 g/mol. The van der Waals surface area contributed by atoms with Crippen LogP contribution in [0.5, 0.6) is 0 Å². The summed E-state index contributed by atoms with van der Waals surface area (Å²) >= 11 is 4.78. The third kappa shape index (κ3) is 4.61. The molecular formula is C19H24I2N4O3. The van der Waals surface area contributed by atoms with Crippen LogP contribution in [0.25, 0.3) is 0 Å². The number of fused-ring (bicyclic) bond motifs is 1. The summed E-state index contributed by atoms with van der Waals surface area (Å²) in [7, 11) is 2.11. The highest BCUT2D eigenvalue weighted by molar-refractivity contribution is 14.2. The summed E-state index contributed by atoms with van der Waals surface area (Å²) in [6.45, 7) is 5.27. The fraction of sp³-hybridized carbons (Fsp3) is 0.526. The molecule has 0 spiro atoms. The lowest BCUT2D eigenvalue weighted by molar-refractivity contribution is -0.136. The lowest BCUT2D eigenvalue weighted by atomic mass is 10.0. The van der Waals surface area contributed by atoms with Crippen LogP contribution in [0, 0.1) is 0 Å². The number of amides is 3. The maximum absolute atomic E-state index is 12.8. The van der Waals surface area contributed by atoms with Gasteiger partial charge in [-0.2, -0.15) is 0 Å².